The third-order valence-electron chi connectivity index (χ3n) is 3.91. The highest BCUT2D eigenvalue weighted by Crippen LogP contribution is 2.32. The average Bonchev–Trinajstić information content (AvgIpc) is 3.15. The standard InChI is InChI=1S/C19H17F4N3O3/c1-2-11-3-5-12(6-4-11)17-25-16(29-26-17)10-24-14-8-7-13(27-18(20)21)9-15(14)28-19(22)23/h3-9,18-19,24H,2,10H2,1H3. The summed E-state index contributed by atoms with van der Waals surface area (Å²) >= 11 is 0. The van der Waals surface area contributed by atoms with Crippen molar-refractivity contribution in [1.82, 2.24) is 10.1 Å². The van der Waals surface area contributed by atoms with Gasteiger partial charge >= 0.3 is 13.2 Å². The number of halogens is 4. The number of benzene rings is 2. The number of nitrogens with zero attached hydrogens (tertiary/aromatic N) is 2. The van der Waals surface area contributed by atoms with E-state index >= 15 is 0 Å². The molecule has 154 valence electrons. The first kappa shape index (κ1) is 20.4. The summed E-state index contributed by atoms with van der Waals surface area (Å²) in [5.74, 6) is -0.0745. The Labute approximate surface area is 163 Å². The lowest BCUT2D eigenvalue weighted by Gasteiger charge is -2.13. The molecule has 3 aromatic rings. The molecule has 0 unspecified atom stereocenters. The highest BCUT2D eigenvalue weighted by Gasteiger charge is 2.15. The van der Waals surface area contributed by atoms with Crippen molar-refractivity contribution in [2.75, 3.05) is 5.32 Å². The number of ether oxygens (including phenoxy) is 2. The second kappa shape index (κ2) is 9.26. The summed E-state index contributed by atoms with van der Waals surface area (Å²) in [5.41, 5.74) is 2.07. The van der Waals surface area contributed by atoms with Crippen LogP contribution >= 0.6 is 0 Å². The van der Waals surface area contributed by atoms with Crippen LogP contribution < -0.4 is 14.8 Å². The van der Waals surface area contributed by atoms with E-state index in [4.69, 9.17) is 4.52 Å². The van der Waals surface area contributed by atoms with Crippen LogP contribution in [0.5, 0.6) is 11.5 Å². The van der Waals surface area contributed by atoms with Crippen molar-refractivity contribution in [3.05, 3.63) is 53.9 Å². The molecule has 0 saturated carbocycles. The van der Waals surface area contributed by atoms with E-state index in [1.165, 1.54) is 17.7 Å². The van der Waals surface area contributed by atoms with Crippen LogP contribution in [0.3, 0.4) is 0 Å². The molecule has 0 amide bonds. The fraction of sp³-hybridized carbons (Fsp3) is 0.263. The molecule has 0 saturated heterocycles. The fourth-order valence-electron chi connectivity index (χ4n) is 2.52. The van der Waals surface area contributed by atoms with Crippen molar-refractivity contribution in [1.29, 1.82) is 0 Å². The van der Waals surface area contributed by atoms with Gasteiger partial charge in [-0.25, -0.2) is 0 Å². The third kappa shape index (κ3) is 5.59. The number of aromatic nitrogens is 2. The van der Waals surface area contributed by atoms with Crippen molar-refractivity contribution in [2.45, 2.75) is 33.1 Å². The van der Waals surface area contributed by atoms with Gasteiger partial charge in [-0.1, -0.05) is 36.3 Å². The summed E-state index contributed by atoms with van der Waals surface area (Å²) in [6.07, 6.45) is 0.909. The maximum atomic E-state index is 12.6. The van der Waals surface area contributed by atoms with E-state index in [0.29, 0.717) is 5.82 Å². The van der Waals surface area contributed by atoms with Gasteiger partial charge in [-0.2, -0.15) is 22.5 Å². The number of nitrogens with one attached hydrogen (secondary N) is 1. The smallest absolute Gasteiger partial charge is 0.387 e. The molecule has 0 aliphatic rings. The van der Waals surface area contributed by atoms with Crippen LogP contribution in [-0.4, -0.2) is 23.4 Å². The minimum atomic E-state index is -3.14. The van der Waals surface area contributed by atoms with Gasteiger partial charge in [0.1, 0.15) is 5.75 Å². The molecule has 2 aromatic carbocycles. The van der Waals surface area contributed by atoms with E-state index in [1.807, 2.05) is 31.2 Å². The number of hydrogen-bond acceptors (Lipinski definition) is 6. The van der Waals surface area contributed by atoms with Gasteiger partial charge in [-0.3, -0.25) is 0 Å². The van der Waals surface area contributed by atoms with Gasteiger partial charge in [0.05, 0.1) is 12.2 Å². The van der Waals surface area contributed by atoms with Gasteiger partial charge in [-0.05, 0) is 24.1 Å². The largest absolute Gasteiger partial charge is 0.435 e. The molecule has 1 N–H and O–H groups in total. The van der Waals surface area contributed by atoms with Gasteiger partial charge in [-0.15, -0.1) is 0 Å². The van der Waals surface area contributed by atoms with Crippen LogP contribution in [0, 0.1) is 0 Å². The van der Waals surface area contributed by atoms with Crippen LogP contribution in [-0.2, 0) is 13.0 Å². The van der Waals surface area contributed by atoms with Crippen molar-refractivity contribution in [3.8, 4) is 22.9 Å². The van der Waals surface area contributed by atoms with Crippen LogP contribution in [0.25, 0.3) is 11.4 Å². The number of aryl methyl sites for hydroxylation is 1. The topological polar surface area (TPSA) is 69.4 Å². The first-order chi connectivity index (χ1) is 13.9. The minimum absolute atomic E-state index is 0.00862. The molecule has 3 rings (SSSR count). The van der Waals surface area contributed by atoms with Crippen molar-refractivity contribution >= 4 is 5.69 Å². The summed E-state index contributed by atoms with van der Waals surface area (Å²) in [7, 11) is 0. The molecular formula is C19H17F4N3O3. The number of alkyl halides is 4. The Morgan fingerprint density at radius 3 is 2.38 bits per heavy atom. The summed E-state index contributed by atoms with van der Waals surface area (Å²) in [6.45, 7) is -4.17. The lowest BCUT2D eigenvalue weighted by atomic mass is 10.1. The summed E-state index contributed by atoms with van der Waals surface area (Å²) in [5, 5.41) is 6.69. The molecule has 0 aliphatic heterocycles. The van der Waals surface area contributed by atoms with Crippen LogP contribution in [0.15, 0.2) is 47.0 Å². The summed E-state index contributed by atoms with van der Waals surface area (Å²) in [4.78, 5) is 4.25. The fourth-order valence-corrected chi connectivity index (χ4v) is 2.52. The van der Waals surface area contributed by atoms with E-state index in [2.05, 4.69) is 24.9 Å². The first-order valence-corrected chi connectivity index (χ1v) is 8.64. The maximum Gasteiger partial charge on any atom is 0.387 e. The Morgan fingerprint density at radius 1 is 1.00 bits per heavy atom. The van der Waals surface area contributed by atoms with Gasteiger partial charge in [0.15, 0.2) is 5.75 Å². The summed E-state index contributed by atoms with van der Waals surface area (Å²) < 4.78 is 63.6. The van der Waals surface area contributed by atoms with E-state index in [0.717, 1.165) is 18.1 Å². The Balaban J connectivity index is 1.71. The molecule has 6 nitrogen and oxygen atoms in total. The van der Waals surface area contributed by atoms with Crippen molar-refractivity contribution < 1.29 is 31.6 Å². The normalized spacial score (nSPS) is 11.1. The molecule has 0 fully saturated rings. The highest BCUT2D eigenvalue weighted by atomic mass is 19.3. The quantitative estimate of drug-likeness (QED) is 0.493. The molecular weight excluding hydrogens is 394 g/mol. The van der Waals surface area contributed by atoms with Crippen molar-refractivity contribution in [3.63, 3.8) is 0 Å². The van der Waals surface area contributed by atoms with E-state index in [-0.39, 0.29) is 29.6 Å². The zero-order valence-electron chi connectivity index (χ0n) is 15.2. The molecule has 1 heterocycles. The van der Waals surface area contributed by atoms with Crippen molar-refractivity contribution in [2.24, 2.45) is 0 Å². The molecule has 10 heteroatoms. The predicted molar refractivity (Wildman–Crippen MR) is 96.1 cm³/mol. The Hall–Kier alpha value is -3.30. The number of anilines is 1. The second-order valence-corrected chi connectivity index (χ2v) is 5.83. The molecule has 0 bridgehead atoms. The average molecular weight is 411 g/mol. The zero-order valence-corrected chi connectivity index (χ0v) is 15.2. The van der Waals surface area contributed by atoms with E-state index in [9.17, 15) is 17.6 Å². The number of hydrogen-bond donors (Lipinski definition) is 1. The zero-order chi connectivity index (χ0) is 20.8. The van der Waals surface area contributed by atoms with Crippen LogP contribution in [0.2, 0.25) is 0 Å². The van der Waals surface area contributed by atoms with Crippen LogP contribution in [0.1, 0.15) is 18.4 Å². The Bertz CT molecular complexity index is 933. The predicted octanol–water partition coefficient (Wildman–Crippen LogP) is 5.11. The second-order valence-electron chi connectivity index (χ2n) is 5.83. The summed E-state index contributed by atoms with van der Waals surface area (Å²) in [6, 6.07) is 11.1. The SMILES string of the molecule is CCc1ccc(-c2noc(CNc3ccc(OC(F)F)cc3OC(F)F)n2)cc1. The Kier molecular flexibility index (Phi) is 6.53. The molecule has 0 radical (unpaired) electrons. The molecule has 0 atom stereocenters. The molecule has 1 aromatic heterocycles. The third-order valence-corrected chi connectivity index (χ3v) is 3.91. The van der Waals surface area contributed by atoms with Gasteiger partial charge in [0.2, 0.25) is 11.7 Å². The lowest BCUT2D eigenvalue weighted by molar-refractivity contribution is -0.0539. The van der Waals surface area contributed by atoms with Gasteiger partial charge in [0.25, 0.3) is 0 Å². The number of rotatable bonds is 9. The molecule has 0 aliphatic carbocycles. The monoisotopic (exact) mass is 411 g/mol. The first-order valence-electron chi connectivity index (χ1n) is 8.64. The maximum absolute atomic E-state index is 12.6. The molecule has 29 heavy (non-hydrogen) atoms. The van der Waals surface area contributed by atoms with Gasteiger partial charge < -0.3 is 19.3 Å². The highest BCUT2D eigenvalue weighted by molar-refractivity contribution is 5.59. The van der Waals surface area contributed by atoms with E-state index in [1.54, 1.807) is 0 Å². The van der Waals surface area contributed by atoms with Gasteiger partial charge in [0, 0.05) is 11.6 Å². The Morgan fingerprint density at radius 2 is 1.72 bits per heavy atom. The van der Waals surface area contributed by atoms with E-state index < -0.39 is 13.2 Å². The minimum Gasteiger partial charge on any atom is -0.435 e. The lowest BCUT2D eigenvalue weighted by Crippen LogP contribution is -2.08. The molecule has 0 spiro atoms. The van der Waals surface area contributed by atoms with Crippen LogP contribution in [0.4, 0.5) is 23.2 Å².